The number of anilines is 1. The van der Waals surface area contributed by atoms with Gasteiger partial charge in [-0.05, 0) is 81.1 Å². The second-order valence-electron chi connectivity index (χ2n) is 8.95. The summed E-state index contributed by atoms with van der Waals surface area (Å²) in [5.74, 6) is -0.327. The van der Waals surface area contributed by atoms with Gasteiger partial charge in [-0.3, -0.25) is 14.0 Å². The van der Waals surface area contributed by atoms with Gasteiger partial charge in [0, 0.05) is 13.1 Å². The molecular weight excluding hydrogens is 422 g/mol. The Kier molecular flexibility index (Phi) is 7.96. The Bertz CT molecular complexity index is 1010. The average molecular weight is 458 g/mol. The number of sulfonamides is 1. The van der Waals surface area contributed by atoms with Crippen molar-refractivity contribution in [3.05, 3.63) is 64.7 Å². The van der Waals surface area contributed by atoms with Gasteiger partial charge in [0.05, 0.1) is 11.9 Å². The molecule has 3 rings (SSSR count). The molecule has 174 valence electrons. The largest absolute Gasteiger partial charge is 0.350 e. The number of amides is 1. The van der Waals surface area contributed by atoms with Crippen LogP contribution in [0, 0.1) is 13.8 Å². The highest BCUT2D eigenvalue weighted by atomic mass is 32.2. The highest BCUT2D eigenvalue weighted by molar-refractivity contribution is 7.92. The van der Waals surface area contributed by atoms with Gasteiger partial charge in [0.25, 0.3) is 0 Å². The second kappa shape index (κ2) is 10.5. The Hall–Kier alpha value is -2.38. The van der Waals surface area contributed by atoms with E-state index < -0.39 is 16.1 Å². The van der Waals surface area contributed by atoms with E-state index in [-0.39, 0.29) is 5.91 Å². The van der Waals surface area contributed by atoms with Crippen molar-refractivity contribution in [3.63, 3.8) is 0 Å². The highest BCUT2D eigenvalue weighted by Gasteiger charge is 2.29. The van der Waals surface area contributed by atoms with Crippen molar-refractivity contribution in [1.29, 1.82) is 0 Å². The number of hydrogen-bond acceptors (Lipinski definition) is 4. The van der Waals surface area contributed by atoms with E-state index in [2.05, 4.69) is 22.3 Å². The molecule has 7 heteroatoms. The monoisotopic (exact) mass is 457 g/mol. The fourth-order valence-electron chi connectivity index (χ4n) is 4.36. The first kappa shape index (κ1) is 24.3. The van der Waals surface area contributed by atoms with Crippen LogP contribution in [0.1, 0.15) is 48.4 Å². The first-order chi connectivity index (χ1) is 15.1. The molecule has 0 aliphatic carbocycles. The molecule has 6 nitrogen and oxygen atoms in total. The second-order valence-corrected chi connectivity index (χ2v) is 10.8. The van der Waals surface area contributed by atoms with Gasteiger partial charge < -0.3 is 5.32 Å². The summed E-state index contributed by atoms with van der Waals surface area (Å²) in [6.45, 7) is 9.09. The maximum atomic E-state index is 12.9. The molecule has 2 aromatic rings. The lowest BCUT2D eigenvalue weighted by atomic mass is 10.1. The molecule has 1 saturated heterocycles. The molecule has 1 atom stereocenters. The summed E-state index contributed by atoms with van der Waals surface area (Å²) in [5, 5.41) is 2.90. The zero-order valence-electron chi connectivity index (χ0n) is 19.6. The van der Waals surface area contributed by atoms with Crippen LogP contribution in [-0.2, 0) is 27.9 Å². The number of nitrogens with zero attached hydrogens (tertiary/aromatic N) is 2. The van der Waals surface area contributed by atoms with Crippen LogP contribution in [0.25, 0.3) is 0 Å². The Morgan fingerprint density at radius 3 is 2.12 bits per heavy atom. The number of piperidine rings is 1. The Labute approximate surface area is 192 Å². The Morgan fingerprint density at radius 2 is 1.56 bits per heavy atom. The number of hydrogen-bond donors (Lipinski definition) is 1. The number of aryl methyl sites for hydroxylation is 2. The maximum Gasteiger partial charge on any atom is 0.243 e. The number of carbonyl (C=O) groups excluding carboxylic acids is 1. The molecule has 0 spiro atoms. The lowest BCUT2D eigenvalue weighted by molar-refractivity contribution is -0.122. The van der Waals surface area contributed by atoms with E-state index >= 15 is 0 Å². The topological polar surface area (TPSA) is 69.7 Å². The van der Waals surface area contributed by atoms with E-state index in [9.17, 15) is 13.2 Å². The number of rotatable bonds is 8. The van der Waals surface area contributed by atoms with Gasteiger partial charge in [-0.15, -0.1) is 0 Å². The van der Waals surface area contributed by atoms with Crippen molar-refractivity contribution in [3.8, 4) is 0 Å². The van der Waals surface area contributed by atoms with Crippen LogP contribution in [-0.4, -0.2) is 44.6 Å². The van der Waals surface area contributed by atoms with Crippen molar-refractivity contribution >= 4 is 21.6 Å². The molecule has 0 aromatic heterocycles. The molecule has 0 unspecified atom stereocenters. The molecule has 1 heterocycles. The summed E-state index contributed by atoms with van der Waals surface area (Å²) in [5.41, 5.74) is 4.67. The summed E-state index contributed by atoms with van der Waals surface area (Å²) in [6, 6.07) is 13.0. The maximum absolute atomic E-state index is 12.9. The zero-order chi connectivity index (χ0) is 23.3. The normalized spacial score (nSPS) is 15.9. The van der Waals surface area contributed by atoms with E-state index in [4.69, 9.17) is 0 Å². The molecule has 1 aliphatic heterocycles. The van der Waals surface area contributed by atoms with Gasteiger partial charge in [0.15, 0.2) is 0 Å². The van der Waals surface area contributed by atoms with E-state index in [1.165, 1.54) is 29.1 Å². The van der Waals surface area contributed by atoms with Crippen LogP contribution in [0.15, 0.2) is 42.5 Å². The van der Waals surface area contributed by atoms with Crippen molar-refractivity contribution in [1.82, 2.24) is 10.2 Å². The summed E-state index contributed by atoms with van der Waals surface area (Å²) in [7, 11) is -3.63. The third-order valence-corrected chi connectivity index (χ3v) is 7.14. The van der Waals surface area contributed by atoms with E-state index in [0.717, 1.165) is 42.6 Å². The molecule has 1 fully saturated rings. The molecule has 1 amide bonds. The first-order valence-corrected chi connectivity index (χ1v) is 13.1. The first-order valence-electron chi connectivity index (χ1n) is 11.3. The minimum Gasteiger partial charge on any atom is -0.350 e. The van der Waals surface area contributed by atoms with Crippen LogP contribution >= 0.6 is 0 Å². The fraction of sp³-hybridized carbons (Fsp3) is 0.480. The SMILES string of the molecule is Cc1cc(C)cc(N([C@@H](C)C(=O)NCc2ccc(CN3CCCCC3)cc2)S(C)(=O)=O)c1. The molecule has 32 heavy (non-hydrogen) atoms. The van der Waals surface area contributed by atoms with E-state index in [0.29, 0.717) is 12.2 Å². The van der Waals surface area contributed by atoms with Crippen molar-refractivity contribution in [2.24, 2.45) is 0 Å². The lowest BCUT2D eigenvalue weighted by Gasteiger charge is -2.29. The van der Waals surface area contributed by atoms with Gasteiger partial charge in [0.1, 0.15) is 6.04 Å². The van der Waals surface area contributed by atoms with Crippen LogP contribution in [0.4, 0.5) is 5.69 Å². The molecule has 0 saturated carbocycles. The third-order valence-electron chi connectivity index (χ3n) is 5.89. The number of benzene rings is 2. The van der Waals surface area contributed by atoms with E-state index in [1.807, 2.05) is 32.0 Å². The van der Waals surface area contributed by atoms with Gasteiger partial charge in [-0.1, -0.05) is 36.8 Å². The summed E-state index contributed by atoms with van der Waals surface area (Å²) in [4.78, 5) is 15.3. The quantitative estimate of drug-likeness (QED) is 0.655. The molecular formula is C25H35N3O3S. The Morgan fingerprint density at radius 1 is 1.00 bits per heavy atom. The van der Waals surface area contributed by atoms with Crippen molar-refractivity contribution in [2.75, 3.05) is 23.7 Å². The minimum absolute atomic E-state index is 0.327. The van der Waals surface area contributed by atoms with Gasteiger partial charge in [-0.2, -0.15) is 0 Å². The predicted octanol–water partition coefficient (Wildman–Crippen LogP) is 3.76. The molecule has 2 aromatic carbocycles. The summed E-state index contributed by atoms with van der Waals surface area (Å²) >= 11 is 0. The minimum atomic E-state index is -3.63. The number of carbonyl (C=O) groups is 1. The van der Waals surface area contributed by atoms with Crippen LogP contribution in [0.5, 0.6) is 0 Å². The standard InChI is InChI=1S/C25H35N3O3S/c1-19-14-20(2)16-24(15-19)28(32(4,30)31)21(3)25(29)26-17-22-8-10-23(11-9-22)18-27-12-6-5-7-13-27/h8-11,14-16,21H,5-7,12-13,17-18H2,1-4H3,(H,26,29)/t21-/m0/s1. The fourth-order valence-corrected chi connectivity index (χ4v) is 5.52. The van der Waals surface area contributed by atoms with Gasteiger partial charge >= 0.3 is 0 Å². The smallest absolute Gasteiger partial charge is 0.243 e. The van der Waals surface area contributed by atoms with Gasteiger partial charge in [-0.25, -0.2) is 8.42 Å². The predicted molar refractivity (Wildman–Crippen MR) is 130 cm³/mol. The van der Waals surface area contributed by atoms with Crippen LogP contribution < -0.4 is 9.62 Å². The summed E-state index contributed by atoms with van der Waals surface area (Å²) in [6.07, 6.45) is 5.01. The van der Waals surface area contributed by atoms with E-state index in [1.54, 1.807) is 19.1 Å². The van der Waals surface area contributed by atoms with Crippen LogP contribution in [0.2, 0.25) is 0 Å². The number of likely N-dealkylation sites (tertiary alicyclic amines) is 1. The van der Waals surface area contributed by atoms with Crippen molar-refractivity contribution < 1.29 is 13.2 Å². The molecule has 1 N–H and O–H groups in total. The van der Waals surface area contributed by atoms with Crippen molar-refractivity contribution in [2.45, 2.75) is 59.2 Å². The molecule has 1 aliphatic rings. The highest BCUT2D eigenvalue weighted by Crippen LogP contribution is 2.24. The Balaban J connectivity index is 1.63. The molecule has 0 bridgehead atoms. The lowest BCUT2D eigenvalue weighted by Crippen LogP contribution is -2.47. The van der Waals surface area contributed by atoms with Gasteiger partial charge in [0.2, 0.25) is 15.9 Å². The third kappa shape index (κ3) is 6.56. The summed E-state index contributed by atoms with van der Waals surface area (Å²) < 4.78 is 26.2. The van der Waals surface area contributed by atoms with Crippen LogP contribution in [0.3, 0.4) is 0 Å². The number of nitrogens with one attached hydrogen (secondary N) is 1. The molecule has 0 radical (unpaired) electrons. The average Bonchev–Trinajstić information content (AvgIpc) is 2.72. The zero-order valence-corrected chi connectivity index (χ0v) is 20.4.